The van der Waals surface area contributed by atoms with Gasteiger partial charge in [0.05, 0.1) is 19.1 Å². The molecule has 3 rings (SSSR count). The van der Waals surface area contributed by atoms with Crippen LogP contribution in [0.2, 0.25) is 0 Å². The Morgan fingerprint density at radius 3 is 2.79 bits per heavy atom. The van der Waals surface area contributed by atoms with Crippen LogP contribution in [0.25, 0.3) is 11.6 Å². The number of benzene rings is 1. The molecule has 0 aliphatic heterocycles. The number of nitrogens with zero attached hydrogens (tertiary/aromatic N) is 3. The van der Waals surface area contributed by atoms with Crippen molar-refractivity contribution in [3.8, 4) is 17.3 Å². The van der Waals surface area contributed by atoms with Crippen LogP contribution in [0.5, 0.6) is 5.75 Å². The van der Waals surface area contributed by atoms with Gasteiger partial charge in [-0.2, -0.15) is 9.78 Å². The highest BCUT2D eigenvalue weighted by Crippen LogP contribution is 2.17. The van der Waals surface area contributed by atoms with E-state index in [2.05, 4.69) is 29.1 Å². The van der Waals surface area contributed by atoms with Crippen LogP contribution < -0.4 is 4.74 Å². The van der Waals surface area contributed by atoms with Crippen LogP contribution in [-0.4, -0.2) is 27.7 Å². The van der Waals surface area contributed by atoms with Crippen molar-refractivity contribution in [3.05, 3.63) is 53.0 Å². The van der Waals surface area contributed by atoms with Crippen LogP contribution in [0.3, 0.4) is 0 Å². The summed E-state index contributed by atoms with van der Waals surface area (Å²) in [7, 11) is 0. The first kappa shape index (κ1) is 16.2. The van der Waals surface area contributed by atoms with E-state index in [-0.39, 0.29) is 0 Å². The molecular formula is C17H18N4O2S. The number of furan rings is 1. The van der Waals surface area contributed by atoms with E-state index in [9.17, 15) is 0 Å². The summed E-state index contributed by atoms with van der Waals surface area (Å²) in [6.07, 6.45) is 3.29. The number of hydrogen-bond donors (Lipinski definition) is 1. The molecule has 124 valence electrons. The van der Waals surface area contributed by atoms with E-state index >= 15 is 0 Å². The second-order valence-corrected chi connectivity index (χ2v) is 6.05. The quantitative estimate of drug-likeness (QED) is 0.540. The molecule has 7 heteroatoms. The standard InChI is InChI=1S/C17H18N4O2S/c1-12(2)11-23-14-7-5-13(6-8-14)10-18-21-16(19-20-17(21)24)15-4-3-9-22-15/h3-10,12H,11H2,1-2H3,(H,20,24)/b18-10-. The lowest BCUT2D eigenvalue weighted by Gasteiger charge is -2.08. The van der Waals surface area contributed by atoms with Crippen molar-refractivity contribution in [1.82, 2.24) is 14.9 Å². The van der Waals surface area contributed by atoms with E-state index < -0.39 is 0 Å². The van der Waals surface area contributed by atoms with Crippen LogP contribution in [0, 0.1) is 10.7 Å². The molecule has 3 aromatic rings. The first-order chi connectivity index (χ1) is 11.6. The predicted molar refractivity (Wildman–Crippen MR) is 94.9 cm³/mol. The molecule has 0 fully saturated rings. The van der Waals surface area contributed by atoms with Crippen molar-refractivity contribution in [2.24, 2.45) is 11.0 Å². The van der Waals surface area contributed by atoms with Crippen LogP contribution in [-0.2, 0) is 0 Å². The smallest absolute Gasteiger partial charge is 0.219 e. The number of aromatic amines is 1. The maximum Gasteiger partial charge on any atom is 0.219 e. The summed E-state index contributed by atoms with van der Waals surface area (Å²) in [6.45, 7) is 4.93. The van der Waals surface area contributed by atoms with E-state index in [0.29, 0.717) is 28.9 Å². The van der Waals surface area contributed by atoms with Crippen molar-refractivity contribution in [2.75, 3.05) is 6.61 Å². The monoisotopic (exact) mass is 342 g/mol. The van der Waals surface area contributed by atoms with Crippen LogP contribution in [0.4, 0.5) is 0 Å². The van der Waals surface area contributed by atoms with Crippen LogP contribution in [0.15, 0.2) is 52.2 Å². The molecule has 0 saturated carbocycles. The number of nitrogens with one attached hydrogen (secondary N) is 1. The Morgan fingerprint density at radius 1 is 1.33 bits per heavy atom. The van der Waals surface area contributed by atoms with Crippen molar-refractivity contribution in [3.63, 3.8) is 0 Å². The highest BCUT2D eigenvalue weighted by Gasteiger charge is 2.10. The molecular weight excluding hydrogens is 324 g/mol. The average molecular weight is 342 g/mol. The Hall–Kier alpha value is -2.67. The van der Waals surface area contributed by atoms with E-state index in [1.54, 1.807) is 24.6 Å². The molecule has 2 aromatic heterocycles. The molecule has 0 aliphatic carbocycles. The zero-order chi connectivity index (χ0) is 16.9. The number of aromatic nitrogens is 3. The third kappa shape index (κ3) is 3.80. The average Bonchev–Trinajstić information content (AvgIpc) is 3.21. The van der Waals surface area contributed by atoms with E-state index in [1.165, 1.54) is 4.68 Å². The first-order valence-corrected chi connectivity index (χ1v) is 8.03. The van der Waals surface area contributed by atoms with Gasteiger partial charge >= 0.3 is 0 Å². The molecule has 2 heterocycles. The van der Waals surface area contributed by atoms with Gasteiger partial charge in [-0.3, -0.25) is 0 Å². The largest absolute Gasteiger partial charge is 0.493 e. The summed E-state index contributed by atoms with van der Waals surface area (Å²) in [6, 6.07) is 11.3. The summed E-state index contributed by atoms with van der Waals surface area (Å²) >= 11 is 5.21. The maximum atomic E-state index is 5.67. The Labute approximate surface area is 144 Å². The van der Waals surface area contributed by atoms with Gasteiger partial charge in [0.25, 0.3) is 0 Å². The molecule has 0 radical (unpaired) electrons. The van der Waals surface area contributed by atoms with Gasteiger partial charge in [-0.05, 0) is 60.1 Å². The Balaban J connectivity index is 1.77. The third-order valence-electron chi connectivity index (χ3n) is 3.18. The molecule has 1 N–H and O–H groups in total. The Morgan fingerprint density at radius 2 is 2.12 bits per heavy atom. The molecule has 0 spiro atoms. The third-order valence-corrected chi connectivity index (χ3v) is 3.44. The second-order valence-electron chi connectivity index (χ2n) is 5.66. The summed E-state index contributed by atoms with van der Waals surface area (Å²) in [5.41, 5.74) is 0.931. The van der Waals surface area contributed by atoms with E-state index in [0.717, 1.165) is 11.3 Å². The lowest BCUT2D eigenvalue weighted by atomic mass is 10.2. The Kier molecular flexibility index (Phi) is 4.90. The molecule has 0 unspecified atom stereocenters. The van der Waals surface area contributed by atoms with E-state index in [4.69, 9.17) is 21.4 Å². The summed E-state index contributed by atoms with van der Waals surface area (Å²) in [5.74, 6) is 2.46. The lowest BCUT2D eigenvalue weighted by molar-refractivity contribution is 0.271. The Bertz CT molecular complexity index is 861. The van der Waals surface area contributed by atoms with Gasteiger partial charge in [0.2, 0.25) is 10.6 Å². The molecule has 0 aliphatic rings. The molecule has 1 aromatic carbocycles. The van der Waals surface area contributed by atoms with Gasteiger partial charge in [0.15, 0.2) is 5.76 Å². The lowest BCUT2D eigenvalue weighted by Crippen LogP contribution is -2.04. The number of H-pyrrole nitrogens is 1. The molecule has 6 nitrogen and oxygen atoms in total. The van der Waals surface area contributed by atoms with Crippen molar-refractivity contribution >= 4 is 18.4 Å². The van der Waals surface area contributed by atoms with Gasteiger partial charge < -0.3 is 9.15 Å². The fraction of sp³-hybridized carbons (Fsp3) is 0.235. The summed E-state index contributed by atoms with van der Waals surface area (Å²) in [4.78, 5) is 0. The highest BCUT2D eigenvalue weighted by atomic mass is 32.1. The fourth-order valence-electron chi connectivity index (χ4n) is 2.00. The molecule has 0 atom stereocenters. The van der Waals surface area contributed by atoms with Gasteiger partial charge in [0, 0.05) is 0 Å². The molecule has 0 bridgehead atoms. The predicted octanol–water partition coefficient (Wildman–Crippen LogP) is 4.12. The summed E-state index contributed by atoms with van der Waals surface area (Å²) in [5, 5.41) is 11.3. The molecule has 0 amide bonds. The van der Waals surface area contributed by atoms with Crippen molar-refractivity contribution < 1.29 is 9.15 Å². The SMILES string of the molecule is CC(C)COc1ccc(/C=N\n2c(-c3ccco3)n[nH]c2=S)cc1. The minimum atomic E-state index is 0.398. The molecule has 0 saturated heterocycles. The van der Waals surface area contributed by atoms with Gasteiger partial charge in [-0.25, -0.2) is 5.10 Å². The van der Waals surface area contributed by atoms with Crippen molar-refractivity contribution in [1.29, 1.82) is 0 Å². The topological polar surface area (TPSA) is 68.3 Å². The van der Waals surface area contributed by atoms with Crippen LogP contribution in [0.1, 0.15) is 19.4 Å². The zero-order valence-electron chi connectivity index (χ0n) is 13.5. The number of hydrogen-bond acceptors (Lipinski definition) is 5. The fourth-order valence-corrected chi connectivity index (χ4v) is 2.18. The second kappa shape index (κ2) is 7.27. The van der Waals surface area contributed by atoms with E-state index in [1.807, 2.05) is 24.3 Å². The van der Waals surface area contributed by atoms with Gasteiger partial charge in [-0.15, -0.1) is 5.10 Å². The zero-order valence-corrected chi connectivity index (χ0v) is 14.3. The van der Waals surface area contributed by atoms with Crippen LogP contribution >= 0.6 is 12.2 Å². The molecule has 24 heavy (non-hydrogen) atoms. The highest BCUT2D eigenvalue weighted by molar-refractivity contribution is 7.71. The number of ether oxygens (including phenoxy) is 1. The summed E-state index contributed by atoms with van der Waals surface area (Å²) < 4.78 is 12.9. The number of rotatable bonds is 6. The first-order valence-electron chi connectivity index (χ1n) is 7.62. The van der Waals surface area contributed by atoms with Gasteiger partial charge in [0.1, 0.15) is 5.75 Å². The van der Waals surface area contributed by atoms with Gasteiger partial charge in [-0.1, -0.05) is 13.8 Å². The minimum Gasteiger partial charge on any atom is -0.493 e. The minimum absolute atomic E-state index is 0.398. The maximum absolute atomic E-state index is 5.67. The van der Waals surface area contributed by atoms with Crippen molar-refractivity contribution in [2.45, 2.75) is 13.8 Å². The normalized spacial score (nSPS) is 11.5.